The van der Waals surface area contributed by atoms with Crippen LogP contribution in [0.1, 0.15) is 5.56 Å². The van der Waals surface area contributed by atoms with Gasteiger partial charge in [0, 0.05) is 13.1 Å². The Labute approximate surface area is 124 Å². The van der Waals surface area contributed by atoms with Crippen molar-refractivity contribution in [2.45, 2.75) is 6.54 Å². The maximum absolute atomic E-state index is 10.8. The van der Waals surface area contributed by atoms with Crippen LogP contribution in [0.5, 0.6) is 11.5 Å². The van der Waals surface area contributed by atoms with E-state index in [2.05, 4.69) is 5.32 Å². The molecule has 0 aliphatic carbocycles. The van der Waals surface area contributed by atoms with Gasteiger partial charge in [0.25, 0.3) is 0 Å². The Kier molecular flexibility index (Phi) is 5.32. The molecule has 5 nitrogen and oxygen atoms in total. The molecule has 0 aliphatic rings. The molecule has 0 aliphatic heterocycles. The van der Waals surface area contributed by atoms with Gasteiger partial charge in [-0.25, -0.2) is 13.6 Å². The number of sulfonamides is 1. The molecular weight excluding hydrogens is 288 g/mol. The summed E-state index contributed by atoms with van der Waals surface area (Å²) in [5.41, 5.74) is 1.01. The van der Waals surface area contributed by atoms with Gasteiger partial charge in [-0.3, -0.25) is 0 Å². The molecule has 3 N–H and O–H groups in total. The second-order valence-electron chi connectivity index (χ2n) is 4.61. The van der Waals surface area contributed by atoms with Crippen LogP contribution in [0.15, 0.2) is 54.6 Å². The van der Waals surface area contributed by atoms with E-state index in [0.717, 1.165) is 17.1 Å². The van der Waals surface area contributed by atoms with Gasteiger partial charge in [0.1, 0.15) is 11.5 Å². The van der Waals surface area contributed by atoms with Gasteiger partial charge in [-0.1, -0.05) is 30.3 Å². The normalized spacial score (nSPS) is 11.3. The number of ether oxygens (including phenoxy) is 1. The summed E-state index contributed by atoms with van der Waals surface area (Å²) in [5.74, 6) is 1.44. The standard InChI is InChI=1S/C15H18N2O3S/c16-21(18,19)10-9-17-12-13-5-4-8-15(11-13)20-14-6-2-1-3-7-14/h1-8,11,17H,9-10,12H2,(H2,16,18,19). The van der Waals surface area contributed by atoms with Crippen LogP contribution >= 0.6 is 0 Å². The zero-order chi connectivity index (χ0) is 15.1. The minimum atomic E-state index is -3.41. The molecule has 0 unspecified atom stereocenters. The van der Waals surface area contributed by atoms with Crippen molar-refractivity contribution < 1.29 is 13.2 Å². The number of nitrogens with one attached hydrogen (secondary N) is 1. The van der Waals surface area contributed by atoms with Crippen LogP contribution in [0.4, 0.5) is 0 Å². The highest BCUT2D eigenvalue weighted by molar-refractivity contribution is 7.89. The fraction of sp³-hybridized carbons (Fsp3) is 0.200. The summed E-state index contributed by atoms with van der Waals surface area (Å²) >= 11 is 0. The van der Waals surface area contributed by atoms with E-state index in [1.165, 1.54) is 0 Å². The molecule has 0 amide bonds. The summed E-state index contributed by atoms with van der Waals surface area (Å²) in [6.45, 7) is 0.879. The summed E-state index contributed by atoms with van der Waals surface area (Å²) in [6, 6.07) is 17.2. The molecule has 0 radical (unpaired) electrons. The molecule has 2 aromatic carbocycles. The molecule has 112 valence electrons. The van der Waals surface area contributed by atoms with Crippen LogP contribution in [0.25, 0.3) is 0 Å². The molecule has 0 aromatic heterocycles. The lowest BCUT2D eigenvalue weighted by Gasteiger charge is -2.08. The fourth-order valence-corrected chi connectivity index (χ4v) is 2.22. The molecule has 2 rings (SSSR count). The average Bonchev–Trinajstić information content (AvgIpc) is 2.44. The number of rotatable bonds is 7. The average molecular weight is 306 g/mol. The quantitative estimate of drug-likeness (QED) is 0.765. The van der Waals surface area contributed by atoms with Crippen molar-refractivity contribution in [3.05, 3.63) is 60.2 Å². The van der Waals surface area contributed by atoms with Gasteiger partial charge in [0.15, 0.2) is 0 Å². The maximum atomic E-state index is 10.8. The SMILES string of the molecule is NS(=O)(=O)CCNCc1cccc(Oc2ccccc2)c1. The summed E-state index contributed by atoms with van der Waals surface area (Å²) in [5, 5.41) is 7.97. The van der Waals surface area contributed by atoms with Gasteiger partial charge in [0.05, 0.1) is 5.75 Å². The summed E-state index contributed by atoms with van der Waals surface area (Å²) in [4.78, 5) is 0. The molecule has 0 bridgehead atoms. The predicted octanol–water partition coefficient (Wildman–Crippen LogP) is 1.86. The molecular formula is C15H18N2O3S. The van der Waals surface area contributed by atoms with Crippen molar-refractivity contribution in [2.75, 3.05) is 12.3 Å². The predicted molar refractivity (Wildman–Crippen MR) is 82.6 cm³/mol. The van der Waals surface area contributed by atoms with Gasteiger partial charge < -0.3 is 10.1 Å². The Morgan fingerprint density at radius 3 is 2.43 bits per heavy atom. The van der Waals surface area contributed by atoms with E-state index in [1.807, 2.05) is 54.6 Å². The first-order valence-electron chi connectivity index (χ1n) is 6.56. The summed E-state index contributed by atoms with van der Waals surface area (Å²) in [7, 11) is -3.41. The Morgan fingerprint density at radius 2 is 1.71 bits per heavy atom. The highest BCUT2D eigenvalue weighted by atomic mass is 32.2. The monoisotopic (exact) mass is 306 g/mol. The molecule has 2 aromatic rings. The largest absolute Gasteiger partial charge is 0.457 e. The highest BCUT2D eigenvalue weighted by Crippen LogP contribution is 2.21. The minimum absolute atomic E-state index is 0.0762. The third-order valence-corrected chi connectivity index (χ3v) is 3.54. The van der Waals surface area contributed by atoms with Crippen LogP contribution in [0.2, 0.25) is 0 Å². The Morgan fingerprint density at radius 1 is 1.00 bits per heavy atom. The van der Waals surface area contributed by atoms with Crippen molar-refractivity contribution in [3.8, 4) is 11.5 Å². The van der Waals surface area contributed by atoms with Crippen LogP contribution in [-0.2, 0) is 16.6 Å². The third-order valence-electron chi connectivity index (χ3n) is 2.77. The first kappa shape index (κ1) is 15.5. The van der Waals surface area contributed by atoms with Crippen LogP contribution in [-0.4, -0.2) is 20.7 Å². The fourth-order valence-electron chi connectivity index (χ4n) is 1.79. The number of primary sulfonamides is 1. The first-order valence-corrected chi connectivity index (χ1v) is 8.27. The molecule has 0 spiro atoms. The zero-order valence-electron chi connectivity index (χ0n) is 11.5. The highest BCUT2D eigenvalue weighted by Gasteiger charge is 2.02. The van der Waals surface area contributed by atoms with E-state index in [-0.39, 0.29) is 5.75 Å². The number of hydrogen-bond donors (Lipinski definition) is 2. The van der Waals surface area contributed by atoms with E-state index >= 15 is 0 Å². The van der Waals surface area contributed by atoms with Crippen molar-refractivity contribution in [1.82, 2.24) is 5.32 Å². The van der Waals surface area contributed by atoms with Crippen molar-refractivity contribution in [1.29, 1.82) is 0 Å². The molecule has 0 saturated heterocycles. The molecule has 0 saturated carbocycles. The van der Waals surface area contributed by atoms with E-state index in [0.29, 0.717) is 13.1 Å². The lowest BCUT2D eigenvalue weighted by atomic mass is 10.2. The Hall–Kier alpha value is -1.89. The first-order chi connectivity index (χ1) is 10.0. The third kappa shape index (κ3) is 5.95. The van der Waals surface area contributed by atoms with Crippen molar-refractivity contribution in [2.24, 2.45) is 5.14 Å². The van der Waals surface area contributed by atoms with Crippen molar-refractivity contribution in [3.63, 3.8) is 0 Å². The molecule has 6 heteroatoms. The zero-order valence-corrected chi connectivity index (χ0v) is 12.3. The van der Waals surface area contributed by atoms with E-state index < -0.39 is 10.0 Å². The lowest BCUT2D eigenvalue weighted by Crippen LogP contribution is -2.26. The van der Waals surface area contributed by atoms with Crippen LogP contribution in [0, 0.1) is 0 Å². The van der Waals surface area contributed by atoms with E-state index in [9.17, 15) is 8.42 Å². The minimum Gasteiger partial charge on any atom is -0.457 e. The van der Waals surface area contributed by atoms with E-state index in [1.54, 1.807) is 0 Å². The van der Waals surface area contributed by atoms with Crippen LogP contribution < -0.4 is 15.2 Å². The molecule has 0 heterocycles. The lowest BCUT2D eigenvalue weighted by molar-refractivity contribution is 0.481. The topological polar surface area (TPSA) is 81.4 Å². The van der Waals surface area contributed by atoms with Gasteiger partial charge in [0.2, 0.25) is 10.0 Å². The molecule has 0 fully saturated rings. The van der Waals surface area contributed by atoms with Gasteiger partial charge >= 0.3 is 0 Å². The Bertz CT molecular complexity index is 672. The van der Waals surface area contributed by atoms with Crippen molar-refractivity contribution >= 4 is 10.0 Å². The van der Waals surface area contributed by atoms with Gasteiger partial charge in [-0.05, 0) is 29.8 Å². The molecule has 0 atom stereocenters. The number of benzene rings is 2. The number of para-hydroxylation sites is 1. The summed E-state index contributed by atoms with van der Waals surface area (Å²) in [6.07, 6.45) is 0. The second-order valence-corrected chi connectivity index (χ2v) is 6.34. The number of hydrogen-bond acceptors (Lipinski definition) is 4. The smallest absolute Gasteiger partial charge is 0.210 e. The van der Waals surface area contributed by atoms with E-state index in [4.69, 9.17) is 9.88 Å². The van der Waals surface area contributed by atoms with Gasteiger partial charge in [-0.15, -0.1) is 0 Å². The Balaban J connectivity index is 1.89. The summed E-state index contributed by atoms with van der Waals surface area (Å²) < 4.78 is 27.4. The maximum Gasteiger partial charge on any atom is 0.210 e. The second kappa shape index (κ2) is 7.21. The van der Waals surface area contributed by atoms with Crippen LogP contribution in [0.3, 0.4) is 0 Å². The number of nitrogens with two attached hydrogens (primary N) is 1. The van der Waals surface area contributed by atoms with Gasteiger partial charge in [-0.2, -0.15) is 0 Å². The molecule has 21 heavy (non-hydrogen) atoms.